The van der Waals surface area contributed by atoms with Crippen molar-refractivity contribution in [2.45, 2.75) is 33.1 Å². The number of aromatic nitrogens is 3. The predicted octanol–water partition coefficient (Wildman–Crippen LogP) is 4.22. The van der Waals surface area contributed by atoms with Gasteiger partial charge in [0.05, 0.1) is 17.7 Å². The molecule has 0 radical (unpaired) electrons. The van der Waals surface area contributed by atoms with Crippen molar-refractivity contribution in [3.8, 4) is 0 Å². The second-order valence-corrected chi connectivity index (χ2v) is 8.33. The molecule has 4 rings (SSSR count). The molecular weight excluding hydrogens is 386 g/mol. The fraction of sp³-hybridized carbons (Fsp3) is 0.333. The summed E-state index contributed by atoms with van der Waals surface area (Å²) in [5, 5.41) is 4.12. The van der Waals surface area contributed by atoms with Crippen LogP contribution in [0.4, 0.5) is 10.9 Å². The summed E-state index contributed by atoms with van der Waals surface area (Å²) in [4.78, 5) is 29.1. The van der Waals surface area contributed by atoms with E-state index in [1.165, 1.54) is 4.88 Å². The molecule has 1 fully saturated rings. The lowest BCUT2D eigenvalue weighted by Crippen LogP contribution is -2.26. The van der Waals surface area contributed by atoms with Crippen molar-refractivity contribution in [1.82, 2.24) is 19.9 Å². The van der Waals surface area contributed by atoms with Gasteiger partial charge >= 0.3 is 0 Å². The second-order valence-electron chi connectivity index (χ2n) is 7.13. The molecule has 29 heavy (non-hydrogen) atoms. The Kier molecular flexibility index (Phi) is 5.44. The number of carbonyl (C=O) groups is 1. The predicted molar refractivity (Wildman–Crippen MR) is 113 cm³/mol. The maximum Gasteiger partial charge on any atom is 0.246 e. The van der Waals surface area contributed by atoms with E-state index in [1.54, 1.807) is 35.8 Å². The number of likely N-dealkylation sites (tertiary alicyclic amines) is 1. The lowest BCUT2D eigenvalue weighted by molar-refractivity contribution is -0.124. The van der Waals surface area contributed by atoms with Crippen LogP contribution in [-0.2, 0) is 4.79 Å². The molecule has 0 unspecified atom stereocenters. The number of nitrogens with one attached hydrogen (secondary N) is 1. The van der Waals surface area contributed by atoms with E-state index in [0.717, 1.165) is 28.8 Å². The minimum absolute atomic E-state index is 0.0123. The van der Waals surface area contributed by atoms with E-state index >= 15 is 0 Å². The van der Waals surface area contributed by atoms with Crippen LogP contribution in [0.3, 0.4) is 0 Å². The first-order chi connectivity index (χ1) is 14.0. The van der Waals surface area contributed by atoms with Gasteiger partial charge in [0.15, 0.2) is 5.13 Å². The third-order valence-electron chi connectivity index (χ3n) is 4.97. The summed E-state index contributed by atoms with van der Waals surface area (Å²) < 4.78 is 5.24. The van der Waals surface area contributed by atoms with E-state index in [0.29, 0.717) is 24.7 Å². The van der Waals surface area contributed by atoms with Gasteiger partial charge in [-0.05, 0) is 45.4 Å². The molecule has 0 saturated carbocycles. The van der Waals surface area contributed by atoms with Crippen molar-refractivity contribution in [2.24, 2.45) is 0 Å². The van der Waals surface area contributed by atoms with Gasteiger partial charge in [0.2, 0.25) is 5.91 Å². The lowest BCUT2D eigenvalue weighted by atomic mass is 10.0. The van der Waals surface area contributed by atoms with E-state index in [1.807, 2.05) is 30.9 Å². The van der Waals surface area contributed by atoms with Crippen LogP contribution in [0.1, 0.15) is 40.2 Å². The fourth-order valence-corrected chi connectivity index (χ4v) is 4.17. The number of amides is 1. The van der Waals surface area contributed by atoms with Gasteiger partial charge < -0.3 is 14.6 Å². The average molecular weight is 410 g/mol. The maximum atomic E-state index is 12.5. The Morgan fingerprint density at radius 1 is 1.31 bits per heavy atom. The van der Waals surface area contributed by atoms with Gasteiger partial charge in [-0.25, -0.2) is 15.0 Å². The van der Waals surface area contributed by atoms with Crippen LogP contribution in [0.25, 0.3) is 6.08 Å². The van der Waals surface area contributed by atoms with Crippen LogP contribution < -0.4 is 5.32 Å². The molecule has 1 amide bonds. The number of anilines is 2. The molecule has 1 saturated heterocycles. The van der Waals surface area contributed by atoms with Crippen molar-refractivity contribution in [2.75, 3.05) is 18.4 Å². The summed E-state index contributed by atoms with van der Waals surface area (Å²) in [5.41, 5.74) is 1.98. The Bertz CT molecular complexity index is 1020. The fourth-order valence-electron chi connectivity index (χ4n) is 3.35. The van der Waals surface area contributed by atoms with Crippen LogP contribution in [0.15, 0.2) is 35.0 Å². The molecule has 0 spiro atoms. The van der Waals surface area contributed by atoms with E-state index in [-0.39, 0.29) is 11.8 Å². The van der Waals surface area contributed by atoms with Crippen LogP contribution in [-0.4, -0.2) is 38.8 Å². The highest BCUT2D eigenvalue weighted by atomic mass is 32.1. The zero-order chi connectivity index (χ0) is 20.4. The van der Waals surface area contributed by atoms with Gasteiger partial charge in [-0.3, -0.25) is 4.79 Å². The number of hydrogen-bond acceptors (Lipinski definition) is 7. The number of hydrogen-bond donors (Lipinski definition) is 1. The lowest BCUT2D eigenvalue weighted by Gasteiger charge is -2.15. The molecule has 0 bridgehead atoms. The van der Waals surface area contributed by atoms with Crippen molar-refractivity contribution < 1.29 is 9.21 Å². The number of rotatable bonds is 5. The van der Waals surface area contributed by atoms with Gasteiger partial charge in [-0.15, -0.1) is 11.3 Å². The Hall–Kier alpha value is -3.00. The molecule has 3 aromatic rings. The highest BCUT2D eigenvalue weighted by molar-refractivity contribution is 7.15. The monoisotopic (exact) mass is 409 g/mol. The first-order valence-corrected chi connectivity index (χ1v) is 10.4. The van der Waals surface area contributed by atoms with Gasteiger partial charge in [-0.2, -0.15) is 0 Å². The first-order valence-electron chi connectivity index (χ1n) is 9.55. The summed E-state index contributed by atoms with van der Waals surface area (Å²) in [6, 6.07) is 5.59. The summed E-state index contributed by atoms with van der Waals surface area (Å²) in [6.07, 6.45) is 5.73. The summed E-state index contributed by atoms with van der Waals surface area (Å²) in [6.45, 7) is 7.30. The number of furan rings is 1. The van der Waals surface area contributed by atoms with Crippen LogP contribution in [0.5, 0.6) is 0 Å². The zero-order valence-electron chi connectivity index (χ0n) is 16.7. The maximum absolute atomic E-state index is 12.5. The average Bonchev–Trinajstić information content (AvgIpc) is 3.42. The molecule has 0 aromatic carbocycles. The Morgan fingerprint density at radius 2 is 2.17 bits per heavy atom. The number of aryl methyl sites for hydroxylation is 3. The van der Waals surface area contributed by atoms with Crippen LogP contribution in [0, 0.1) is 20.8 Å². The number of thiazole rings is 1. The highest BCUT2D eigenvalue weighted by Gasteiger charge is 2.28. The largest absolute Gasteiger partial charge is 0.465 e. The Labute approximate surface area is 173 Å². The molecule has 4 heterocycles. The summed E-state index contributed by atoms with van der Waals surface area (Å²) >= 11 is 1.61. The van der Waals surface area contributed by atoms with E-state index in [9.17, 15) is 4.79 Å². The molecule has 1 N–H and O–H groups in total. The molecule has 7 nitrogen and oxygen atoms in total. The molecule has 8 heteroatoms. The standard InChI is InChI=1S/C21H23N5O2S/c1-13-14(2)29-21(22-13)25-19-11-18(23-15(3)24-19)16-8-9-26(12-16)20(27)7-6-17-5-4-10-28-17/h4-7,10-11,16H,8-9,12H2,1-3H3,(H,22,23,24,25)/b7-6+/t16-/m1/s1. The Balaban J connectivity index is 1.44. The number of nitrogens with zero attached hydrogens (tertiary/aromatic N) is 4. The zero-order valence-corrected chi connectivity index (χ0v) is 17.5. The molecule has 0 aliphatic carbocycles. The second kappa shape index (κ2) is 8.16. The quantitative estimate of drug-likeness (QED) is 0.635. The van der Waals surface area contributed by atoms with Crippen molar-refractivity contribution in [1.29, 1.82) is 0 Å². The molecular formula is C21H23N5O2S. The van der Waals surface area contributed by atoms with E-state index in [4.69, 9.17) is 4.42 Å². The van der Waals surface area contributed by atoms with E-state index < -0.39 is 0 Å². The van der Waals surface area contributed by atoms with E-state index in [2.05, 4.69) is 27.2 Å². The smallest absolute Gasteiger partial charge is 0.246 e. The molecule has 1 aliphatic heterocycles. The highest BCUT2D eigenvalue weighted by Crippen LogP contribution is 2.29. The minimum atomic E-state index is -0.0123. The van der Waals surface area contributed by atoms with Crippen LogP contribution in [0.2, 0.25) is 0 Å². The normalized spacial score (nSPS) is 16.7. The first kappa shape index (κ1) is 19.3. The third kappa shape index (κ3) is 4.54. The van der Waals surface area contributed by atoms with Crippen molar-refractivity contribution in [3.05, 3.63) is 58.4 Å². The van der Waals surface area contributed by atoms with Crippen molar-refractivity contribution >= 4 is 34.3 Å². The summed E-state index contributed by atoms with van der Waals surface area (Å²) in [7, 11) is 0. The minimum Gasteiger partial charge on any atom is -0.465 e. The third-order valence-corrected chi connectivity index (χ3v) is 5.96. The summed E-state index contributed by atoms with van der Waals surface area (Å²) in [5.74, 6) is 2.30. The molecule has 3 aromatic heterocycles. The van der Waals surface area contributed by atoms with Crippen LogP contribution >= 0.6 is 11.3 Å². The van der Waals surface area contributed by atoms with Gasteiger partial charge in [-0.1, -0.05) is 0 Å². The van der Waals surface area contributed by atoms with Gasteiger partial charge in [0, 0.05) is 36.0 Å². The number of carbonyl (C=O) groups excluding carboxylic acids is 1. The van der Waals surface area contributed by atoms with Gasteiger partial charge in [0.25, 0.3) is 0 Å². The van der Waals surface area contributed by atoms with Gasteiger partial charge in [0.1, 0.15) is 17.4 Å². The Morgan fingerprint density at radius 3 is 2.90 bits per heavy atom. The molecule has 1 atom stereocenters. The molecule has 1 aliphatic rings. The SMILES string of the molecule is Cc1nc(Nc2nc(C)c(C)s2)cc([C@@H]2CCN(C(=O)/C=C/c3ccco3)C2)n1. The van der Waals surface area contributed by atoms with Crippen molar-refractivity contribution in [3.63, 3.8) is 0 Å². The topological polar surface area (TPSA) is 84.2 Å². The molecule has 150 valence electrons.